The number of hydrogen-bond donors (Lipinski definition) is 2. The van der Waals surface area contributed by atoms with Crippen LogP contribution in [0.1, 0.15) is 43.1 Å². The summed E-state index contributed by atoms with van der Waals surface area (Å²) in [7, 11) is 0. The second-order valence-electron chi connectivity index (χ2n) is 4.57. The summed E-state index contributed by atoms with van der Waals surface area (Å²) in [5.74, 6) is 1.18. The summed E-state index contributed by atoms with van der Waals surface area (Å²) in [5.41, 5.74) is 9.76. The molecule has 0 bridgehead atoms. The van der Waals surface area contributed by atoms with Crippen molar-refractivity contribution in [1.29, 1.82) is 0 Å². The van der Waals surface area contributed by atoms with E-state index < -0.39 is 0 Å². The maximum absolute atomic E-state index is 5.72. The highest BCUT2D eigenvalue weighted by Crippen LogP contribution is 2.29. The quantitative estimate of drug-likeness (QED) is 0.749. The third-order valence-corrected chi connectivity index (χ3v) is 3.16. The summed E-state index contributed by atoms with van der Waals surface area (Å²) in [6.45, 7) is 5.20. The van der Waals surface area contributed by atoms with Crippen LogP contribution in [0.4, 0.5) is 0 Å². The Labute approximate surface area is 85.1 Å². The normalized spacial score (nSPS) is 21.3. The third kappa shape index (κ3) is 1.57. The van der Waals surface area contributed by atoms with Crippen molar-refractivity contribution in [3.8, 4) is 0 Å². The Bertz CT molecular complexity index is 314. The fraction of sp³-hybridized carbons (Fsp3) is 0.727. The van der Waals surface area contributed by atoms with Crippen molar-refractivity contribution in [3.05, 3.63) is 17.0 Å². The summed E-state index contributed by atoms with van der Waals surface area (Å²) in [5, 5.41) is 7.56. The highest BCUT2D eigenvalue weighted by atomic mass is 15.1. The Kier molecular flexibility index (Phi) is 2.59. The van der Waals surface area contributed by atoms with E-state index in [1.807, 2.05) is 0 Å². The number of H-pyrrole nitrogens is 1. The van der Waals surface area contributed by atoms with Crippen molar-refractivity contribution in [1.82, 2.24) is 10.2 Å². The van der Waals surface area contributed by atoms with Gasteiger partial charge in [-0.05, 0) is 43.2 Å². The molecule has 0 aliphatic heterocycles. The summed E-state index contributed by atoms with van der Waals surface area (Å²) in [4.78, 5) is 0. The molecule has 0 spiro atoms. The van der Waals surface area contributed by atoms with Crippen LogP contribution < -0.4 is 5.73 Å². The first-order chi connectivity index (χ1) is 6.72. The zero-order chi connectivity index (χ0) is 10.1. The molecule has 3 nitrogen and oxygen atoms in total. The predicted octanol–water partition coefficient (Wildman–Crippen LogP) is 1.60. The van der Waals surface area contributed by atoms with E-state index >= 15 is 0 Å². The molecule has 1 aromatic rings. The molecule has 3 heteroatoms. The van der Waals surface area contributed by atoms with Gasteiger partial charge in [-0.1, -0.05) is 13.8 Å². The maximum atomic E-state index is 5.72. The number of rotatable bonds is 2. The Balaban J connectivity index is 2.28. The number of hydrogen-bond acceptors (Lipinski definition) is 2. The molecule has 3 N–H and O–H groups in total. The molecule has 0 aromatic carbocycles. The van der Waals surface area contributed by atoms with Crippen LogP contribution >= 0.6 is 0 Å². The minimum Gasteiger partial charge on any atom is -0.330 e. The van der Waals surface area contributed by atoms with Gasteiger partial charge in [-0.2, -0.15) is 5.10 Å². The van der Waals surface area contributed by atoms with Gasteiger partial charge >= 0.3 is 0 Å². The molecule has 0 amide bonds. The standard InChI is InChI=1S/C11H19N3/c1-7(2)11-9-5-8(6-12)3-4-10(9)13-14-11/h7-8H,3-6,12H2,1-2H3,(H,13,14). The summed E-state index contributed by atoms with van der Waals surface area (Å²) in [6, 6.07) is 0. The average Bonchev–Trinajstić information content (AvgIpc) is 2.59. The van der Waals surface area contributed by atoms with Crippen molar-refractivity contribution < 1.29 is 0 Å². The van der Waals surface area contributed by atoms with Gasteiger partial charge in [0.15, 0.2) is 0 Å². The van der Waals surface area contributed by atoms with Crippen LogP contribution in [0.2, 0.25) is 0 Å². The minimum absolute atomic E-state index is 0.520. The van der Waals surface area contributed by atoms with Crippen molar-refractivity contribution in [2.75, 3.05) is 6.54 Å². The zero-order valence-electron chi connectivity index (χ0n) is 9.01. The van der Waals surface area contributed by atoms with E-state index in [-0.39, 0.29) is 0 Å². The van der Waals surface area contributed by atoms with Crippen LogP contribution in [0.25, 0.3) is 0 Å². The molecule has 1 unspecified atom stereocenters. The van der Waals surface area contributed by atoms with Crippen molar-refractivity contribution in [3.63, 3.8) is 0 Å². The number of aromatic nitrogens is 2. The Morgan fingerprint density at radius 3 is 3.00 bits per heavy atom. The summed E-state index contributed by atoms with van der Waals surface area (Å²) < 4.78 is 0. The van der Waals surface area contributed by atoms with Crippen LogP contribution in [0, 0.1) is 5.92 Å². The molecule has 1 heterocycles. The van der Waals surface area contributed by atoms with Gasteiger partial charge < -0.3 is 5.73 Å². The van der Waals surface area contributed by atoms with Gasteiger partial charge in [-0.25, -0.2) is 0 Å². The molecular weight excluding hydrogens is 174 g/mol. The fourth-order valence-electron chi connectivity index (χ4n) is 2.27. The molecule has 0 fully saturated rings. The lowest BCUT2D eigenvalue weighted by Crippen LogP contribution is -2.22. The number of nitrogens with zero attached hydrogens (tertiary/aromatic N) is 1. The smallest absolute Gasteiger partial charge is 0.0682 e. The highest BCUT2D eigenvalue weighted by molar-refractivity contribution is 5.30. The monoisotopic (exact) mass is 193 g/mol. The molecule has 1 aromatic heterocycles. The lowest BCUT2D eigenvalue weighted by atomic mass is 9.85. The average molecular weight is 193 g/mol. The highest BCUT2D eigenvalue weighted by Gasteiger charge is 2.23. The van der Waals surface area contributed by atoms with Gasteiger partial charge in [0.25, 0.3) is 0 Å². The van der Waals surface area contributed by atoms with Crippen LogP contribution in [0.5, 0.6) is 0 Å². The lowest BCUT2D eigenvalue weighted by molar-refractivity contribution is 0.464. The molecule has 0 saturated carbocycles. The van der Waals surface area contributed by atoms with E-state index in [9.17, 15) is 0 Å². The van der Waals surface area contributed by atoms with E-state index in [1.165, 1.54) is 23.4 Å². The van der Waals surface area contributed by atoms with Gasteiger partial charge in [-0.15, -0.1) is 0 Å². The first-order valence-corrected chi connectivity index (χ1v) is 5.48. The third-order valence-electron chi connectivity index (χ3n) is 3.16. The Morgan fingerprint density at radius 1 is 1.57 bits per heavy atom. The van der Waals surface area contributed by atoms with Gasteiger partial charge in [0.1, 0.15) is 0 Å². The lowest BCUT2D eigenvalue weighted by Gasteiger charge is -2.21. The van der Waals surface area contributed by atoms with E-state index in [0.717, 1.165) is 19.4 Å². The molecule has 1 aliphatic carbocycles. The largest absolute Gasteiger partial charge is 0.330 e. The number of aryl methyl sites for hydroxylation is 1. The fourth-order valence-corrected chi connectivity index (χ4v) is 2.27. The molecule has 78 valence electrons. The van der Waals surface area contributed by atoms with E-state index in [4.69, 9.17) is 5.73 Å². The van der Waals surface area contributed by atoms with Gasteiger partial charge in [-0.3, -0.25) is 5.10 Å². The first-order valence-electron chi connectivity index (χ1n) is 5.48. The van der Waals surface area contributed by atoms with Gasteiger partial charge in [0.05, 0.1) is 5.69 Å². The van der Waals surface area contributed by atoms with Crippen molar-refractivity contribution in [2.45, 2.75) is 39.0 Å². The van der Waals surface area contributed by atoms with E-state index in [1.54, 1.807) is 0 Å². The molecular formula is C11H19N3. The van der Waals surface area contributed by atoms with Crippen LogP contribution in [0.3, 0.4) is 0 Å². The summed E-state index contributed by atoms with van der Waals surface area (Å²) in [6.07, 6.45) is 3.45. The topological polar surface area (TPSA) is 54.7 Å². The Hall–Kier alpha value is -0.830. The van der Waals surface area contributed by atoms with E-state index in [2.05, 4.69) is 24.0 Å². The first kappa shape index (κ1) is 9.71. The number of nitrogens with one attached hydrogen (secondary N) is 1. The number of aromatic amines is 1. The SMILES string of the molecule is CC(C)c1n[nH]c2c1CC(CN)CC2. The number of fused-ring (bicyclic) bond motifs is 1. The molecule has 0 radical (unpaired) electrons. The van der Waals surface area contributed by atoms with Crippen molar-refractivity contribution >= 4 is 0 Å². The molecule has 0 saturated heterocycles. The zero-order valence-corrected chi connectivity index (χ0v) is 9.01. The second kappa shape index (κ2) is 3.73. The number of nitrogens with two attached hydrogens (primary N) is 1. The minimum atomic E-state index is 0.520. The summed E-state index contributed by atoms with van der Waals surface area (Å²) >= 11 is 0. The predicted molar refractivity (Wildman–Crippen MR) is 57.2 cm³/mol. The van der Waals surface area contributed by atoms with Crippen molar-refractivity contribution in [2.24, 2.45) is 11.7 Å². The van der Waals surface area contributed by atoms with Crippen LogP contribution in [0.15, 0.2) is 0 Å². The maximum Gasteiger partial charge on any atom is 0.0682 e. The molecule has 14 heavy (non-hydrogen) atoms. The second-order valence-corrected chi connectivity index (χ2v) is 4.57. The van der Waals surface area contributed by atoms with Crippen LogP contribution in [-0.2, 0) is 12.8 Å². The molecule has 2 rings (SSSR count). The molecule has 1 aliphatic rings. The molecule has 1 atom stereocenters. The van der Waals surface area contributed by atoms with Crippen LogP contribution in [-0.4, -0.2) is 16.7 Å². The van der Waals surface area contributed by atoms with E-state index in [0.29, 0.717) is 11.8 Å². The van der Waals surface area contributed by atoms with Gasteiger partial charge in [0.2, 0.25) is 0 Å². The van der Waals surface area contributed by atoms with Gasteiger partial charge in [0, 0.05) is 5.69 Å². The Morgan fingerprint density at radius 2 is 2.36 bits per heavy atom.